The maximum Gasteiger partial charge on any atom is 0.417 e. The predicted octanol–water partition coefficient (Wildman–Crippen LogP) is 7.52. The molecule has 2 nitrogen and oxygen atoms in total. The molecule has 0 aromatic heterocycles. The van der Waals surface area contributed by atoms with Gasteiger partial charge < -0.3 is 10.1 Å². The maximum absolute atomic E-state index is 14.0. The van der Waals surface area contributed by atoms with E-state index in [-0.39, 0.29) is 12.1 Å². The first-order valence-electron chi connectivity index (χ1n) is 10.8. The molecule has 0 amide bonds. The van der Waals surface area contributed by atoms with Crippen molar-refractivity contribution in [1.29, 1.82) is 0 Å². The zero-order chi connectivity index (χ0) is 23.8. The smallest absolute Gasteiger partial charge is 0.417 e. The lowest BCUT2D eigenvalue weighted by atomic mass is 9.95. The van der Waals surface area contributed by atoms with Crippen LogP contribution in [0.5, 0.6) is 5.75 Å². The Hall–Kier alpha value is -3.12. The van der Waals surface area contributed by atoms with Crippen LogP contribution in [0.15, 0.2) is 60.7 Å². The summed E-state index contributed by atoms with van der Waals surface area (Å²) in [6, 6.07) is 17.1. The molecule has 6 heteroatoms. The SMILES string of the molecule is CCCNCc1cc(C(F)(F)F)c(/C=C/c2cccc(-c3ccccc3)c2CF)cc1OC. The highest BCUT2D eigenvalue weighted by atomic mass is 19.4. The van der Waals surface area contributed by atoms with Crippen LogP contribution in [0, 0.1) is 0 Å². The molecule has 3 rings (SSSR count). The number of benzene rings is 3. The van der Waals surface area contributed by atoms with E-state index in [0.717, 1.165) is 18.1 Å². The molecule has 0 saturated heterocycles. The molecule has 33 heavy (non-hydrogen) atoms. The van der Waals surface area contributed by atoms with Gasteiger partial charge in [-0.3, -0.25) is 0 Å². The Kier molecular flexibility index (Phi) is 8.28. The molecule has 0 aliphatic rings. The first kappa shape index (κ1) is 24.5. The van der Waals surface area contributed by atoms with E-state index in [4.69, 9.17) is 4.74 Å². The van der Waals surface area contributed by atoms with Gasteiger partial charge >= 0.3 is 6.18 Å². The zero-order valence-electron chi connectivity index (χ0n) is 18.7. The highest BCUT2D eigenvalue weighted by Crippen LogP contribution is 2.37. The number of methoxy groups -OCH3 is 1. The summed E-state index contributed by atoms with van der Waals surface area (Å²) < 4.78 is 60.9. The van der Waals surface area contributed by atoms with Crippen LogP contribution >= 0.6 is 0 Å². The molecular weight excluding hydrogens is 430 g/mol. The Morgan fingerprint density at radius 3 is 2.30 bits per heavy atom. The summed E-state index contributed by atoms with van der Waals surface area (Å²) in [5.41, 5.74) is 2.17. The van der Waals surface area contributed by atoms with Gasteiger partial charge in [0.1, 0.15) is 12.4 Å². The van der Waals surface area contributed by atoms with Crippen molar-refractivity contribution in [2.45, 2.75) is 32.7 Å². The molecule has 0 fully saturated rings. The van der Waals surface area contributed by atoms with Crippen molar-refractivity contribution in [1.82, 2.24) is 5.32 Å². The van der Waals surface area contributed by atoms with Gasteiger partial charge in [0.25, 0.3) is 0 Å². The third-order valence-electron chi connectivity index (χ3n) is 5.37. The lowest BCUT2D eigenvalue weighted by Gasteiger charge is -2.17. The van der Waals surface area contributed by atoms with Crippen LogP contribution in [-0.2, 0) is 19.4 Å². The summed E-state index contributed by atoms with van der Waals surface area (Å²) in [5, 5.41) is 3.11. The van der Waals surface area contributed by atoms with E-state index in [1.807, 2.05) is 43.3 Å². The molecule has 174 valence electrons. The fraction of sp³-hybridized carbons (Fsp3) is 0.259. The van der Waals surface area contributed by atoms with Crippen molar-refractivity contribution in [2.24, 2.45) is 0 Å². The fourth-order valence-corrected chi connectivity index (χ4v) is 3.73. The van der Waals surface area contributed by atoms with Crippen LogP contribution in [0.3, 0.4) is 0 Å². The number of ether oxygens (including phenoxy) is 1. The van der Waals surface area contributed by atoms with Crippen LogP contribution in [-0.4, -0.2) is 13.7 Å². The van der Waals surface area contributed by atoms with Crippen LogP contribution in [0.25, 0.3) is 23.3 Å². The summed E-state index contributed by atoms with van der Waals surface area (Å²) in [5.74, 6) is 0.370. The molecular formula is C27H27F4NO. The van der Waals surface area contributed by atoms with Crippen LogP contribution in [0.1, 0.15) is 41.2 Å². The average Bonchev–Trinajstić information content (AvgIpc) is 2.82. The average molecular weight is 458 g/mol. The molecule has 0 saturated carbocycles. The van der Waals surface area contributed by atoms with Crippen molar-refractivity contribution >= 4 is 12.2 Å². The van der Waals surface area contributed by atoms with E-state index in [9.17, 15) is 17.6 Å². The molecule has 0 atom stereocenters. The van der Waals surface area contributed by atoms with Crippen LogP contribution in [0.2, 0.25) is 0 Å². The molecule has 0 bridgehead atoms. The molecule has 3 aromatic rings. The second-order valence-corrected chi connectivity index (χ2v) is 7.63. The van der Waals surface area contributed by atoms with Gasteiger partial charge in [-0.1, -0.05) is 67.6 Å². The van der Waals surface area contributed by atoms with Crippen molar-refractivity contribution in [3.8, 4) is 16.9 Å². The van der Waals surface area contributed by atoms with Gasteiger partial charge in [0, 0.05) is 12.1 Å². The third kappa shape index (κ3) is 6.02. The van der Waals surface area contributed by atoms with E-state index >= 15 is 0 Å². The van der Waals surface area contributed by atoms with Gasteiger partial charge in [-0.15, -0.1) is 0 Å². The molecule has 1 N–H and O–H groups in total. The zero-order valence-corrected chi connectivity index (χ0v) is 18.7. The van der Waals surface area contributed by atoms with Gasteiger partial charge in [-0.25, -0.2) is 4.39 Å². The first-order valence-corrected chi connectivity index (χ1v) is 10.8. The van der Waals surface area contributed by atoms with Crippen LogP contribution in [0.4, 0.5) is 17.6 Å². The van der Waals surface area contributed by atoms with Gasteiger partial charge in [-0.2, -0.15) is 13.2 Å². The van der Waals surface area contributed by atoms with E-state index in [0.29, 0.717) is 34.5 Å². The number of halogens is 4. The number of hydrogen-bond donors (Lipinski definition) is 1. The van der Waals surface area contributed by atoms with E-state index in [1.54, 1.807) is 12.1 Å². The van der Waals surface area contributed by atoms with E-state index in [2.05, 4.69) is 5.32 Å². The lowest BCUT2D eigenvalue weighted by molar-refractivity contribution is -0.137. The fourth-order valence-electron chi connectivity index (χ4n) is 3.73. The number of alkyl halides is 4. The second-order valence-electron chi connectivity index (χ2n) is 7.63. The lowest BCUT2D eigenvalue weighted by Crippen LogP contribution is -2.16. The van der Waals surface area contributed by atoms with Gasteiger partial charge in [0.05, 0.1) is 12.7 Å². The largest absolute Gasteiger partial charge is 0.496 e. The molecule has 0 radical (unpaired) electrons. The highest BCUT2D eigenvalue weighted by molar-refractivity contribution is 5.78. The maximum atomic E-state index is 14.0. The van der Waals surface area contributed by atoms with Crippen molar-refractivity contribution in [3.63, 3.8) is 0 Å². The summed E-state index contributed by atoms with van der Waals surface area (Å²) in [7, 11) is 1.43. The summed E-state index contributed by atoms with van der Waals surface area (Å²) in [6.07, 6.45) is -0.771. The summed E-state index contributed by atoms with van der Waals surface area (Å²) in [6.45, 7) is 2.21. The number of hydrogen-bond acceptors (Lipinski definition) is 2. The monoisotopic (exact) mass is 457 g/mol. The molecule has 0 unspecified atom stereocenters. The molecule has 0 aliphatic heterocycles. The Labute approximate surface area is 191 Å². The topological polar surface area (TPSA) is 21.3 Å². The van der Waals surface area contributed by atoms with Gasteiger partial charge in [0.15, 0.2) is 0 Å². The van der Waals surface area contributed by atoms with Crippen LogP contribution < -0.4 is 10.1 Å². The van der Waals surface area contributed by atoms with E-state index in [1.165, 1.54) is 25.3 Å². The van der Waals surface area contributed by atoms with Crippen molar-refractivity contribution in [2.75, 3.05) is 13.7 Å². The highest BCUT2D eigenvalue weighted by Gasteiger charge is 2.34. The normalized spacial score (nSPS) is 11.8. The molecule has 0 spiro atoms. The predicted molar refractivity (Wildman–Crippen MR) is 126 cm³/mol. The minimum Gasteiger partial charge on any atom is -0.496 e. The molecule has 0 aliphatic carbocycles. The van der Waals surface area contributed by atoms with Crippen molar-refractivity contribution in [3.05, 3.63) is 88.5 Å². The Bertz CT molecular complexity index is 1090. The third-order valence-corrected chi connectivity index (χ3v) is 5.37. The quantitative estimate of drug-likeness (QED) is 0.204. The molecule has 0 heterocycles. The van der Waals surface area contributed by atoms with Gasteiger partial charge in [0.2, 0.25) is 0 Å². The Morgan fingerprint density at radius 2 is 1.67 bits per heavy atom. The van der Waals surface area contributed by atoms with Crippen molar-refractivity contribution < 1.29 is 22.3 Å². The Balaban J connectivity index is 2.04. The second kappa shape index (κ2) is 11.1. The Morgan fingerprint density at radius 1 is 0.939 bits per heavy atom. The summed E-state index contributed by atoms with van der Waals surface area (Å²) >= 11 is 0. The number of nitrogens with one attached hydrogen (secondary N) is 1. The minimum atomic E-state index is -4.54. The molecule has 3 aromatic carbocycles. The standard InChI is InChI=1S/C27H27F4NO/c1-3-14-32-18-22-15-25(27(29,30)31)21(16-26(22)33-2)13-12-20-10-7-11-23(24(20)17-28)19-8-5-4-6-9-19/h4-13,15-16,32H,3,14,17-18H2,1-2H3/b13-12+. The van der Waals surface area contributed by atoms with E-state index < -0.39 is 18.4 Å². The minimum absolute atomic E-state index is 0.0338. The first-order chi connectivity index (χ1) is 15.9. The summed E-state index contributed by atoms with van der Waals surface area (Å²) in [4.78, 5) is 0. The van der Waals surface area contributed by atoms with Gasteiger partial charge in [-0.05, 0) is 52.9 Å². The number of rotatable bonds is 9.